The quantitative estimate of drug-likeness (QED) is 0.268. The second-order valence-corrected chi connectivity index (χ2v) is 11.2. The van der Waals surface area contributed by atoms with Gasteiger partial charge in [0, 0.05) is 61.8 Å². The van der Waals surface area contributed by atoms with Gasteiger partial charge in [-0.2, -0.15) is 0 Å². The van der Waals surface area contributed by atoms with Crippen molar-refractivity contribution in [2.24, 2.45) is 7.05 Å². The summed E-state index contributed by atoms with van der Waals surface area (Å²) in [5, 5.41) is 25.2. The lowest BCUT2D eigenvalue weighted by Crippen LogP contribution is -2.46. The van der Waals surface area contributed by atoms with E-state index in [1.54, 1.807) is 25.4 Å². The van der Waals surface area contributed by atoms with Crippen LogP contribution < -0.4 is 21.1 Å². The van der Waals surface area contributed by atoms with Crippen molar-refractivity contribution < 1.29 is 9.90 Å². The topological polar surface area (TPSA) is 116 Å². The molecule has 1 amide bonds. The third-order valence-electron chi connectivity index (χ3n) is 8.35. The summed E-state index contributed by atoms with van der Waals surface area (Å²) in [6.45, 7) is 6.71. The first-order valence-corrected chi connectivity index (χ1v) is 14.9. The Bertz CT molecular complexity index is 1660. The first-order chi connectivity index (χ1) is 20.9. The molecule has 1 saturated carbocycles. The Balaban J connectivity index is 1.22. The molecule has 0 atom stereocenters. The molecule has 0 bridgehead atoms. The maximum absolute atomic E-state index is 13.1. The molecule has 222 valence electrons. The Morgan fingerprint density at radius 1 is 0.977 bits per heavy atom. The molecule has 1 aliphatic carbocycles. The maximum atomic E-state index is 13.1. The molecule has 0 radical (unpaired) electrons. The number of nitrogens with zero attached hydrogens (tertiary/aromatic N) is 5. The maximum Gasteiger partial charge on any atom is 0.274 e. The average Bonchev–Trinajstić information content (AvgIpc) is 3.89. The minimum absolute atomic E-state index is 0.227. The predicted octanol–water partition coefficient (Wildman–Crippen LogP) is 4.35. The molecule has 2 aliphatic rings. The number of aliphatic hydroxyl groups excluding tert-OH is 1. The number of aromatic nitrogens is 3. The van der Waals surface area contributed by atoms with Crippen LogP contribution in [-0.4, -0.2) is 63.4 Å². The van der Waals surface area contributed by atoms with Gasteiger partial charge in [0.15, 0.2) is 11.6 Å². The number of benzene rings is 2. The highest BCUT2D eigenvalue weighted by molar-refractivity contribution is 6.05. The third-order valence-corrected chi connectivity index (χ3v) is 8.35. The molecule has 3 N–H and O–H groups in total. The first kappa shape index (κ1) is 28.6. The van der Waals surface area contributed by atoms with E-state index in [1.807, 2.05) is 48.5 Å². The second kappa shape index (κ2) is 12.4. The highest BCUT2D eigenvalue weighted by Gasteiger charge is 2.23. The Morgan fingerprint density at radius 3 is 2.40 bits per heavy atom. The molecule has 6 rings (SSSR count). The number of hydrogen-bond donors (Lipinski definition) is 3. The van der Waals surface area contributed by atoms with Gasteiger partial charge in [-0.3, -0.25) is 9.59 Å². The van der Waals surface area contributed by atoms with Crippen LogP contribution in [-0.2, 0) is 13.7 Å². The summed E-state index contributed by atoms with van der Waals surface area (Å²) in [5.41, 5.74) is 4.40. The summed E-state index contributed by atoms with van der Waals surface area (Å²) < 4.78 is 1.49. The van der Waals surface area contributed by atoms with Gasteiger partial charge in [-0.1, -0.05) is 31.2 Å². The van der Waals surface area contributed by atoms with Crippen LogP contribution in [0.25, 0.3) is 11.1 Å². The fourth-order valence-corrected chi connectivity index (χ4v) is 5.60. The zero-order valence-electron chi connectivity index (χ0n) is 24.6. The predicted molar refractivity (Wildman–Crippen MR) is 169 cm³/mol. The summed E-state index contributed by atoms with van der Waals surface area (Å²) >= 11 is 0. The van der Waals surface area contributed by atoms with E-state index in [9.17, 15) is 14.7 Å². The van der Waals surface area contributed by atoms with Crippen molar-refractivity contribution in [3.8, 4) is 11.1 Å². The SMILES string of the molecule is CCN1CCN(c2ccc(Nc3cc(-c4cccc(NC(=O)c5ccc(C6CC6)cc5)c4CO)cn(C)c3=O)nn2)CC1. The van der Waals surface area contributed by atoms with Crippen molar-refractivity contribution >= 4 is 28.9 Å². The van der Waals surface area contributed by atoms with Gasteiger partial charge < -0.3 is 30.1 Å². The molecular formula is C33H37N7O3. The van der Waals surface area contributed by atoms with E-state index in [0.717, 1.165) is 38.5 Å². The summed E-state index contributed by atoms with van der Waals surface area (Å²) in [6.07, 6.45) is 4.13. The number of hydrogen-bond acceptors (Lipinski definition) is 8. The van der Waals surface area contributed by atoms with Crippen molar-refractivity contribution in [3.63, 3.8) is 0 Å². The van der Waals surface area contributed by atoms with E-state index < -0.39 is 0 Å². The lowest BCUT2D eigenvalue weighted by Gasteiger charge is -2.34. The van der Waals surface area contributed by atoms with E-state index in [4.69, 9.17) is 0 Å². The number of nitrogens with one attached hydrogen (secondary N) is 2. The van der Waals surface area contributed by atoms with Gasteiger partial charge in [0.2, 0.25) is 0 Å². The molecule has 10 heteroatoms. The molecule has 2 aromatic carbocycles. The van der Waals surface area contributed by atoms with Crippen LogP contribution in [0.2, 0.25) is 0 Å². The lowest BCUT2D eigenvalue weighted by molar-refractivity contribution is 0.102. The number of aryl methyl sites for hydroxylation is 1. The normalized spacial score (nSPS) is 15.4. The van der Waals surface area contributed by atoms with Gasteiger partial charge in [0.1, 0.15) is 5.69 Å². The van der Waals surface area contributed by atoms with Gasteiger partial charge in [-0.25, -0.2) is 0 Å². The number of likely N-dealkylation sites (N-methyl/N-ethyl adjacent to an activating group) is 1. The number of piperazine rings is 1. The van der Waals surface area contributed by atoms with Gasteiger partial charge in [0.05, 0.1) is 6.61 Å². The van der Waals surface area contributed by atoms with Crippen LogP contribution in [0.3, 0.4) is 0 Å². The summed E-state index contributed by atoms with van der Waals surface area (Å²) in [7, 11) is 1.68. The van der Waals surface area contributed by atoms with Crippen molar-refractivity contribution in [1.29, 1.82) is 0 Å². The number of aliphatic hydroxyl groups is 1. The number of rotatable bonds is 9. The molecule has 10 nitrogen and oxygen atoms in total. The monoisotopic (exact) mass is 579 g/mol. The second-order valence-electron chi connectivity index (χ2n) is 11.2. The Labute approximate surface area is 251 Å². The largest absolute Gasteiger partial charge is 0.392 e. The van der Waals surface area contributed by atoms with E-state index in [-0.39, 0.29) is 18.1 Å². The molecule has 2 aromatic heterocycles. The van der Waals surface area contributed by atoms with Crippen LogP contribution in [0.1, 0.15) is 47.2 Å². The van der Waals surface area contributed by atoms with Crippen LogP contribution in [0, 0.1) is 0 Å². The zero-order chi connectivity index (χ0) is 29.9. The highest BCUT2D eigenvalue weighted by atomic mass is 16.3. The minimum atomic E-state index is -0.294. The fourth-order valence-electron chi connectivity index (χ4n) is 5.60. The van der Waals surface area contributed by atoms with E-state index in [1.165, 1.54) is 23.0 Å². The van der Waals surface area contributed by atoms with Crippen molar-refractivity contribution in [2.75, 3.05) is 48.3 Å². The van der Waals surface area contributed by atoms with Gasteiger partial charge >= 0.3 is 0 Å². The third kappa shape index (κ3) is 6.30. The number of carbonyl (C=O) groups excluding carboxylic acids is 1. The van der Waals surface area contributed by atoms with Crippen molar-refractivity contribution in [3.05, 3.63) is 93.9 Å². The number of amides is 1. The van der Waals surface area contributed by atoms with Crippen LogP contribution in [0.5, 0.6) is 0 Å². The van der Waals surface area contributed by atoms with Crippen molar-refractivity contribution in [2.45, 2.75) is 32.3 Å². The zero-order valence-corrected chi connectivity index (χ0v) is 24.6. The van der Waals surface area contributed by atoms with E-state index in [2.05, 4.69) is 37.6 Å². The summed E-state index contributed by atoms with van der Waals surface area (Å²) in [6, 6.07) is 18.7. The van der Waals surface area contributed by atoms with Gasteiger partial charge in [0.25, 0.3) is 11.5 Å². The van der Waals surface area contributed by atoms with Crippen LogP contribution in [0.15, 0.2) is 71.7 Å². The molecular weight excluding hydrogens is 542 g/mol. The van der Waals surface area contributed by atoms with Gasteiger partial charge in [-0.05, 0) is 72.8 Å². The average molecular weight is 580 g/mol. The number of anilines is 4. The summed E-state index contributed by atoms with van der Waals surface area (Å²) in [5.74, 6) is 1.65. The molecule has 2 fully saturated rings. The van der Waals surface area contributed by atoms with Crippen LogP contribution >= 0.6 is 0 Å². The molecule has 3 heterocycles. The standard InChI is InChI=1S/C33H37N7O3/c1-3-39-15-17-40(18-16-39)31-14-13-30(36-37-31)34-29-19-25(20-38(2)33(29)43)26-5-4-6-28(27(26)21-41)35-32(42)24-11-9-23(10-12-24)22-7-8-22/h4-6,9-14,19-20,22,41H,3,7-8,15-18,21H2,1-2H3,(H,34,36)(H,35,42). The van der Waals surface area contributed by atoms with E-state index >= 15 is 0 Å². The minimum Gasteiger partial charge on any atom is -0.392 e. The van der Waals surface area contributed by atoms with Crippen LogP contribution in [0.4, 0.5) is 23.0 Å². The Morgan fingerprint density at radius 2 is 1.74 bits per heavy atom. The van der Waals surface area contributed by atoms with E-state index in [0.29, 0.717) is 45.4 Å². The number of carbonyl (C=O) groups is 1. The smallest absolute Gasteiger partial charge is 0.274 e. The van der Waals surface area contributed by atoms with Crippen molar-refractivity contribution in [1.82, 2.24) is 19.7 Å². The number of pyridine rings is 1. The molecule has 0 spiro atoms. The van der Waals surface area contributed by atoms with Gasteiger partial charge in [-0.15, -0.1) is 10.2 Å². The molecule has 4 aromatic rings. The first-order valence-electron chi connectivity index (χ1n) is 14.9. The molecule has 0 unspecified atom stereocenters. The Hall–Kier alpha value is -4.54. The fraction of sp³-hybridized carbons (Fsp3) is 0.333. The summed E-state index contributed by atoms with van der Waals surface area (Å²) in [4.78, 5) is 30.7. The molecule has 1 saturated heterocycles. The molecule has 1 aliphatic heterocycles. The molecule has 43 heavy (non-hydrogen) atoms. The lowest BCUT2D eigenvalue weighted by atomic mass is 9.99. The Kier molecular flexibility index (Phi) is 8.22. The highest BCUT2D eigenvalue weighted by Crippen LogP contribution is 2.40.